The predicted octanol–water partition coefficient (Wildman–Crippen LogP) is 7.52. The molecule has 4 rings (SSSR count). The van der Waals surface area contributed by atoms with Gasteiger partial charge in [0.15, 0.2) is 5.78 Å². The summed E-state index contributed by atoms with van der Waals surface area (Å²) in [7, 11) is -1.18. The average Bonchev–Trinajstić information content (AvgIpc) is 3.36. The van der Waals surface area contributed by atoms with E-state index < -0.39 is 10.8 Å². The standard InChI is InChI=1S/C36H42N2O4S/c1-5-7-18-41-19-20-42-34-14-11-31(12-15-34)32-22-27(3)21-30(23-32)8-13-33(39)24-29-9-16-35(17-10-29)43(40)25-36-28(4)37-26-38(36)6-2/h8-17,21-23,26H,5-7,18-20,24-25H2,1-4H3/b13-8+. The number of carbonyl (C=O) groups excluding carboxylic acids is 1. The molecule has 0 fully saturated rings. The van der Waals surface area contributed by atoms with Crippen molar-refractivity contribution in [1.29, 1.82) is 0 Å². The average molecular weight is 599 g/mol. The normalized spacial score (nSPS) is 12.1. The number of carbonyl (C=O) groups is 1. The largest absolute Gasteiger partial charge is 0.491 e. The van der Waals surface area contributed by atoms with E-state index >= 15 is 0 Å². The first-order chi connectivity index (χ1) is 20.9. The topological polar surface area (TPSA) is 70.4 Å². The first kappa shape index (κ1) is 32.1. The third-order valence-electron chi connectivity index (χ3n) is 7.22. The van der Waals surface area contributed by atoms with E-state index in [0.29, 0.717) is 19.0 Å². The van der Waals surface area contributed by atoms with Crippen LogP contribution in [0.4, 0.5) is 0 Å². The summed E-state index contributed by atoms with van der Waals surface area (Å²) in [5, 5.41) is 0. The van der Waals surface area contributed by atoms with Gasteiger partial charge in [-0.3, -0.25) is 9.00 Å². The highest BCUT2D eigenvalue weighted by Gasteiger charge is 2.12. The van der Waals surface area contributed by atoms with Crippen LogP contribution in [-0.4, -0.2) is 39.4 Å². The Hall–Kier alpha value is -3.81. The molecule has 0 saturated heterocycles. The van der Waals surface area contributed by atoms with Gasteiger partial charge in [-0.25, -0.2) is 4.98 Å². The molecule has 226 valence electrons. The molecule has 0 saturated carbocycles. The summed E-state index contributed by atoms with van der Waals surface area (Å²) in [6.07, 6.45) is 7.79. The van der Waals surface area contributed by atoms with Gasteiger partial charge in [-0.2, -0.15) is 0 Å². The maximum Gasteiger partial charge on any atom is 0.160 e. The summed E-state index contributed by atoms with van der Waals surface area (Å²) in [6.45, 7) is 10.9. The van der Waals surface area contributed by atoms with Crippen molar-refractivity contribution in [3.63, 3.8) is 0 Å². The lowest BCUT2D eigenvalue weighted by Crippen LogP contribution is -2.07. The van der Waals surface area contributed by atoms with Gasteiger partial charge < -0.3 is 14.0 Å². The summed E-state index contributed by atoms with van der Waals surface area (Å²) in [6, 6.07) is 21.8. The van der Waals surface area contributed by atoms with Gasteiger partial charge in [-0.15, -0.1) is 0 Å². The summed E-state index contributed by atoms with van der Waals surface area (Å²) in [5.41, 5.74) is 7.06. The lowest BCUT2D eigenvalue weighted by molar-refractivity contribution is -0.113. The van der Waals surface area contributed by atoms with Crippen molar-refractivity contribution in [2.75, 3.05) is 19.8 Å². The summed E-state index contributed by atoms with van der Waals surface area (Å²) in [4.78, 5) is 17.9. The summed E-state index contributed by atoms with van der Waals surface area (Å²) < 4.78 is 26.3. The number of ether oxygens (including phenoxy) is 2. The van der Waals surface area contributed by atoms with Crippen molar-refractivity contribution in [2.24, 2.45) is 0 Å². The van der Waals surface area contributed by atoms with Crippen LogP contribution in [0.2, 0.25) is 0 Å². The lowest BCUT2D eigenvalue weighted by atomic mass is 9.99. The van der Waals surface area contributed by atoms with Crippen molar-refractivity contribution in [2.45, 2.75) is 64.2 Å². The van der Waals surface area contributed by atoms with Gasteiger partial charge in [-0.1, -0.05) is 55.8 Å². The number of rotatable bonds is 16. The Kier molecular flexibility index (Phi) is 12.1. The zero-order chi connectivity index (χ0) is 30.6. The number of nitrogens with zero attached hydrogens (tertiary/aromatic N) is 2. The first-order valence-corrected chi connectivity index (χ1v) is 16.3. The van der Waals surface area contributed by atoms with E-state index in [1.54, 1.807) is 12.4 Å². The van der Waals surface area contributed by atoms with Crippen LogP contribution in [0.15, 0.2) is 84.0 Å². The molecule has 0 bridgehead atoms. The van der Waals surface area contributed by atoms with Crippen molar-refractivity contribution in [3.8, 4) is 16.9 Å². The zero-order valence-corrected chi connectivity index (χ0v) is 26.5. The number of benzene rings is 3. The second-order valence-electron chi connectivity index (χ2n) is 10.6. The number of unbranched alkanes of at least 4 members (excludes halogenated alkanes) is 1. The maximum atomic E-state index is 13.0. The second kappa shape index (κ2) is 16.1. The van der Waals surface area contributed by atoms with E-state index in [-0.39, 0.29) is 12.2 Å². The molecule has 6 nitrogen and oxygen atoms in total. The number of aromatic nitrogens is 2. The van der Waals surface area contributed by atoms with Crippen LogP contribution in [0.25, 0.3) is 17.2 Å². The van der Waals surface area contributed by atoms with Gasteiger partial charge in [0.05, 0.1) is 40.9 Å². The van der Waals surface area contributed by atoms with E-state index in [1.165, 1.54) is 0 Å². The van der Waals surface area contributed by atoms with E-state index in [2.05, 4.69) is 49.2 Å². The van der Waals surface area contributed by atoms with E-state index in [9.17, 15) is 9.00 Å². The van der Waals surface area contributed by atoms with Crippen LogP contribution >= 0.6 is 0 Å². The Labute approximate surface area is 258 Å². The molecule has 43 heavy (non-hydrogen) atoms. The summed E-state index contributed by atoms with van der Waals surface area (Å²) >= 11 is 0. The molecule has 3 aromatic carbocycles. The van der Waals surface area contributed by atoms with Crippen molar-refractivity contribution < 1.29 is 18.5 Å². The Morgan fingerprint density at radius 2 is 1.70 bits per heavy atom. The van der Waals surface area contributed by atoms with Crippen LogP contribution in [-0.2, 0) is 39.0 Å². The predicted molar refractivity (Wildman–Crippen MR) is 175 cm³/mol. The number of ketones is 1. The smallest absolute Gasteiger partial charge is 0.160 e. The molecule has 0 aliphatic rings. The van der Waals surface area contributed by atoms with Gasteiger partial charge in [0, 0.05) is 24.5 Å². The Balaban J connectivity index is 1.32. The van der Waals surface area contributed by atoms with E-state index in [0.717, 1.165) is 75.8 Å². The van der Waals surface area contributed by atoms with Crippen molar-refractivity contribution >= 4 is 22.7 Å². The van der Waals surface area contributed by atoms with E-state index in [1.807, 2.05) is 60.9 Å². The third kappa shape index (κ3) is 9.60. The number of hydrogen-bond donors (Lipinski definition) is 0. The SMILES string of the molecule is CCCCOCCOc1ccc(-c2cc(C)cc(/C=C/C(=O)Cc3ccc(S(=O)Cc4c(C)ncn4CC)cc3)c2)cc1. The molecule has 1 heterocycles. The molecule has 0 aliphatic heterocycles. The zero-order valence-electron chi connectivity index (χ0n) is 25.7. The van der Waals surface area contributed by atoms with Gasteiger partial charge >= 0.3 is 0 Å². The highest BCUT2D eigenvalue weighted by molar-refractivity contribution is 7.84. The Morgan fingerprint density at radius 1 is 0.930 bits per heavy atom. The van der Waals surface area contributed by atoms with Crippen molar-refractivity contribution in [1.82, 2.24) is 9.55 Å². The number of allylic oxidation sites excluding steroid dienone is 1. The Morgan fingerprint density at radius 3 is 2.42 bits per heavy atom. The first-order valence-electron chi connectivity index (χ1n) is 15.0. The molecule has 0 radical (unpaired) electrons. The van der Waals surface area contributed by atoms with Gasteiger partial charge in [0.25, 0.3) is 0 Å². The molecule has 0 aliphatic carbocycles. The Bertz CT molecular complexity index is 1540. The fourth-order valence-electron chi connectivity index (χ4n) is 4.77. The monoisotopic (exact) mass is 598 g/mol. The molecule has 7 heteroatoms. The maximum absolute atomic E-state index is 13.0. The fourth-order valence-corrected chi connectivity index (χ4v) is 6.00. The minimum Gasteiger partial charge on any atom is -0.491 e. The molecule has 1 atom stereocenters. The van der Waals surface area contributed by atoms with Crippen LogP contribution < -0.4 is 4.74 Å². The van der Waals surface area contributed by atoms with Crippen LogP contribution in [0.3, 0.4) is 0 Å². The molecule has 0 spiro atoms. The molecule has 4 aromatic rings. The van der Waals surface area contributed by atoms with Gasteiger partial charge in [0.2, 0.25) is 0 Å². The quantitative estimate of drug-likeness (QED) is 0.0986. The fraction of sp³-hybridized carbons (Fsp3) is 0.333. The number of hydrogen-bond acceptors (Lipinski definition) is 5. The minimum atomic E-state index is -1.18. The number of aryl methyl sites for hydroxylation is 3. The molecular formula is C36H42N2O4S. The molecule has 0 amide bonds. The van der Waals surface area contributed by atoms with E-state index in [4.69, 9.17) is 9.47 Å². The molecule has 1 aromatic heterocycles. The van der Waals surface area contributed by atoms with Crippen LogP contribution in [0.1, 0.15) is 54.8 Å². The van der Waals surface area contributed by atoms with Gasteiger partial charge in [-0.05, 0) is 91.4 Å². The summed E-state index contributed by atoms with van der Waals surface area (Å²) in [5.74, 6) is 1.25. The van der Waals surface area contributed by atoms with Gasteiger partial charge in [0.1, 0.15) is 12.4 Å². The van der Waals surface area contributed by atoms with Crippen LogP contribution in [0, 0.1) is 13.8 Å². The van der Waals surface area contributed by atoms with Crippen LogP contribution in [0.5, 0.6) is 5.75 Å². The molecule has 1 unspecified atom stereocenters. The minimum absolute atomic E-state index is 0.0135. The highest BCUT2D eigenvalue weighted by Crippen LogP contribution is 2.25. The third-order valence-corrected chi connectivity index (χ3v) is 8.55. The highest BCUT2D eigenvalue weighted by atomic mass is 32.2. The molecular weight excluding hydrogens is 556 g/mol. The molecule has 0 N–H and O–H groups in total. The number of imidazole rings is 1. The lowest BCUT2D eigenvalue weighted by Gasteiger charge is -2.09. The second-order valence-corrected chi connectivity index (χ2v) is 12.1. The van der Waals surface area contributed by atoms with Crippen molar-refractivity contribution in [3.05, 3.63) is 107 Å².